The van der Waals surface area contributed by atoms with E-state index >= 15 is 0 Å². The smallest absolute Gasteiger partial charge is 0.230 e. The van der Waals surface area contributed by atoms with Crippen LogP contribution in [0.15, 0.2) is 17.0 Å². The summed E-state index contributed by atoms with van der Waals surface area (Å²) >= 11 is 1.58. The third-order valence-electron chi connectivity index (χ3n) is 6.15. The number of nitrogens with one attached hydrogen (secondary N) is 1. The minimum Gasteiger partial charge on any atom is -0.507 e. The van der Waals surface area contributed by atoms with E-state index in [1.54, 1.807) is 11.8 Å². The molecule has 3 nitrogen and oxygen atoms in total. The van der Waals surface area contributed by atoms with Gasteiger partial charge in [0.05, 0.1) is 5.75 Å². The molecule has 2 saturated carbocycles. The summed E-state index contributed by atoms with van der Waals surface area (Å²) in [6.07, 6.45) is 5.11. The number of phenolic OH excluding ortho intramolecular Hbond substituents is 1. The number of hydrogen-bond acceptors (Lipinski definition) is 3. The highest BCUT2D eigenvalue weighted by molar-refractivity contribution is 8.00. The van der Waals surface area contributed by atoms with Crippen LogP contribution in [0.2, 0.25) is 0 Å². The van der Waals surface area contributed by atoms with E-state index in [2.05, 4.69) is 59.0 Å². The molecule has 3 unspecified atom stereocenters. The predicted molar refractivity (Wildman–Crippen MR) is 114 cm³/mol. The highest BCUT2D eigenvalue weighted by Gasteiger charge is 2.40. The second-order valence-corrected chi connectivity index (χ2v) is 11.6. The van der Waals surface area contributed by atoms with Gasteiger partial charge in [-0.1, -0.05) is 48.0 Å². The Bertz CT molecular complexity index is 679. The zero-order valence-electron chi connectivity index (χ0n) is 17.7. The molecule has 2 fully saturated rings. The molecule has 2 aliphatic rings. The first-order valence-corrected chi connectivity index (χ1v) is 11.2. The summed E-state index contributed by atoms with van der Waals surface area (Å²) in [6, 6.07) is 4.51. The van der Waals surface area contributed by atoms with Crippen molar-refractivity contribution in [1.82, 2.24) is 5.32 Å². The Balaban J connectivity index is 1.71. The third kappa shape index (κ3) is 4.64. The van der Waals surface area contributed by atoms with Crippen molar-refractivity contribution < 1.29 is 9.90 Å². The highest BCUT2D eigenvalue weighted by atomic mass is 32.2. The van der Waals surface area contributed by atoms with Crippen LogP contribution in [0.1, 0.15) is 78.4 Å². The number of hydrogen-bond donors (Lipinski definition) is 2. The molecule has 3 atom stereocenters. The monoisotopic (exact) mass is 389 g/mol. The van der Waals surface area contributed by atoms with E-state index in [0.717, 1.165) is 21.9 Å². The maximum absolute atomic E-state index is 12.5. The molecule has 2 bridgehead atoms. The van der Waals surface area contributed by atoms with Crippen molar-refractivity contribution in [3.63, 3.8) is 0 Å². The minimum absolute atomic E-state index is 0.139. The summed E-state index contributed by atoms with van der Waals surface area (Å²) < 4.78 is 0. The fourth-order valence-electron chi connectivity index (χ4n) is 4.65. The number of phenols is 1. The van der Waals surface area contributed by atoms with Gasteiger partial charge in [0.2, 0.25) is 5.91 Å². The van der Waals surface area contributed by atoms with Gasteiger partial charge in [-0.05, 0) is 54.1 Å². The zero-order chi connectivity index (χ0) is 20.0. The van der Waals surface area contributed by atoms with Crippen LogP contribution in [0.4, 0.5) is 0 Å². The van der Waals surface area contributed by atoms with Gasteiger partial charge in [0.1, 0.15) is 5.75 Å². The van der Waals surface area contributed by atoms with Gasteiger partial charge in [0.15, 0.2) is 0 Å². The fraction of sp³-hybridized carbons (Fsp3) is 0.696. The van der Waals surface area contributed by atoms with Crippen LogP contribution in [0.3, 0.4) is 0 Å². The number of benzene rings is 1. The quantitative estimate of drug-likeness (QED) is 0.679. The van der Waals surface area contributed by atoms with E-state index in [4.69, 9.17) is 0 Å². The standard InChI is InChI=1S/C23H35NO2S/c1-22(2,3)17-11-16(12-18(21(17)26)23(4,5)6)27-13-20(25)24-19-10-14-7-8-15(19)9-14/h11-12,14-15,19,26H,7-10,13H2,1-6H3,(H,24,25). The molecule has 0 heterocycles. The lowest BCUT2D eigenvalue weighted by Gasteiger charge is -2.28. The first-order valence-electron chi connectivity index (χ1n) is 10.3. The summed E-state index contributed by atoms with van der Waals surface area (Å²) in [4.78, 5) is 13.6. The van der Waals surface area contributed by atoms with Gasteiger partial charge >= 0.3 is 0 Å². The molecule has 0 aromatic heterocycles. The Morgan fingerprint density at radius 2 is 1.67 bits per heavy atom. The molecule has 1 aromatic carbocycles. The van der Waals surface area contributed by atoms with Crippen molar-refractivity contribution >= 4 is 17.7 Å². The van der Waals surface area contributed by atoms with Gasteiger partial charge in [-0.15, -0.1) is 11.8 Å². The highest BCUT2D eigenvalue weighted by Crippen LogP contribution is 2.45. The first kappa shape index (κ1) is 20.6. The van der Waals surface area contributed by atoms with Crippen molar-refractivity contribution in [2.24, 2.45) is 11.8 Å². The van der Waals surface area contributed by atoms with E-state index in [-0.39, 0.29) is 16.7 Å². The van der Waals surface area contributed by atoms with Crippen molar-refractivity contribution in [2.45, 2.75) is 89.0 Å². The van der Waals surface area contributed by atoms with Gasteiger partial charge in [-0.2, -0.15) is 0 Å². The Labute approximate surface area is 168 Å². The summed E-state index contributed by atoms with van der Waals surface area (Å²) in [6.45, 7) is 12.7. The number of carbonyl (C=O) groups excluding carboxylic acids is 1. The lowest BCUT2D eigenvalue weighted by molar-refractivity contribution is -0.119. The second-order valence-electron chi connectivity index (χ2n) is 10.5. The Morgan fingerprint density at radius 1 is 1.07 bits per heavy atom. The van der Waals surface area contributed by atoms with E-state index in [9.17, 15) is 9.90 Å². The van der Waals surface area contributed by atoms with Gasteiger partial charge in [-0.25, -0.2) is 0 Å². The molecule has 0 radical (unpaired) electrons. The molecule has 27 heavy (non-hydrogen) atoms. The van der Waals surface area contributed by atoms with Crippen LogP contribution in [-0.2, 0) is 15.6 Å². The maximum Gasteiger partial charge on any atom is 0.230 e. The van der Waals surface area contributed by atoms with Gasteiger partial charge in [0.25, 0.3) is 0 Å². The van der Waals surface area contributed by atoms with E-state index in [1.807, 2.05) is 0 Å². The largest absolute Gasteiger partial charge is 0.507 e. The Hall–Kier alpha value is -1.16. The summed E-state index contributed by atoms with van der Waals surface area (Å²) in [5.74, 6) is 2.52. The molecular formula is C23H35NO2S. The Morgan fingerprint density at radius 3 is 2.11 bits per heavy atom. The van der Waals surface area contributed by atoms with Crippen LogP contribution in [0, 0.1) is 11.8 Å². The zero-order valence-corrected chi connectivity index (χ0v) is 18.5. The van der Waals surface area contributed by atoms with Crippen molar-refractivity contribution in [1.29, 1.82) is 0 Å². The van der Waals surface area contributed by atoms with Gasteiger partial charge < -0.3 is 10.4 Å². The van der Waals surface area contributed by atoms with Crippen LogP contribution in [0.5, 0.6) is 5.75 Å². The maximum atomic E-state index is 12.5. The molecule has 2 N–H and O–H groups in total. The number of fused-ring (bicyclic) bond motifs is 2. The third-order valence-corrected chi connectivity index (χ3v) is 7.13. The number of aromatic hydroxyl groups is 1. The predicted octanol–water partition coefficient (Wildman–Crippen LogP) is 5.38. The first-order chi connectivity index (χ1) is 12.4. The average Bonchev–Trinajstić information content (AvgIpc) is 3.14. The van der Waals surface area contributed by atoms with Crippen LogP contribution in [-0.4, -0.2) is 22.8 Å². The van der Waals surface area contributed by atoms with E-state index in [0.29, 0.717) is 23.5 Å². The minimum atomic E-state index is -0.147. The van der Waals surface area contributed by atoms with E-state index in [1.165, 1.54) is 25.7 Å². The molecular weight excluding hydrogens is 354 g/mol. The molecule has 3 rings (SSSR count). The number of thioether (sulfide) groups is 1. The van der Waals surface area contributed by atoms with E-state index < -0.39 is 0 Å². The molecule has 1 aromatic rings. The SMILES string of the molecule is CC(C)(C)c1cc(SCC(=O)NC2CC3CCC2C3)cc(C(C)(C)C)c1O. The number of carbonyl (C=O) groups is 1. The van der Waals surface area contributed by atoms with Gasteiger partial charge in [0, 0.05) is 22.1 Å². The molecule has 4 heteroatoms. The van der Waals surface area contributed by atoms with Crippen molar-refractivity contribution in [3.8, 4) is 5.75 Å². The number of amides is 1. The molecule has 150 valence electrons. The molecule has 0 aliphatic heterocycles. The lowest BCUT2D eigenvalue weighted by atomic mass is 9.79. The number of rotatable bonds is 4. The van der Waals surface area contributed by atoms with Crippen LogP contribution in [0.25, 0.3) is 0 Å². The molecule has 0 spiro atoms. The van der Waals surface area contributed by atoms with Gasteiger partial charge in [-0.3, -0.25) is 4.79 Å². The second kappa shape index (κ2) is 7.35. The normalized spacial score (nSPS) is 25.0. The van der Waals surface area contributed by atoms with Crippen molar-refractivity contribution in [2.75, 3.05) is 5.75 Å². The van der Waals surface area contributed by atoms with Crippen LogP contribution >= 0.6 is 11.8 Å². The molecule has 1 amide bonds. The Kier molecular flexibility index (Phi) is 5.60. The average molecular weight is 390 g/mol. The fourth-order valence-corrected chi connectivity index (χ4v) is 5.44. The summed E-state index contributed by atoms with van der Waals surface area (Å²) in [7, 11) is 0. The summed E-state index contributed by atoms with van der Waals surface area (Å²) in [5.41, 5.74) is 1.61. The van der Waals surface area contributed by atoms with Crippen LogP contribution < -0.4 is 5.32 Å². The molecule has 2 aliphatic carbocycles. The topological polar surface area (TPSA) is 49.3 Å². The summed E-state index contributed by atoms with van der Waals surface area (Å²) in [5, 5.41) is 14.1. The molecule has 0 saturated heterocycles. The van der Waals surface area contributed by atoms with Crippen molar-refractivity contribution in [3.05, 3.63) is 23.3 Å². The lowest BCUT2D eigenvalue weighted by Crippen LogP contribution is -2.39.